The largest absolute Gasteiger partial charge is 0.444 e. The molecule has 0 saturated carbocycles. The zero-order valence-electron chi connectivity index (χ0n) is 19.8. The van der Waals surface area contributed by atoms with Crippen molar-refractivity contribution in [3.05, 3.63) is 34.9 Å². The number of ether oxygens (including phenoxy) is 1. The molecule has 0 spiro atoms. The molecule has 0 radical (unpaired) electrons. The standard InChI is InChI=1S/C23H37ClN4O4/c1-17(9-12-25-22(30)32-23(2,3)4)27-13-10-20(11-14-27)28(21(29)26-31-5)16-18-7-6-8-19(24)15-18/h6-8,15,17,20H,9-14,16H2,1-5H3,(H,25,30)(H,26,29). The second-order valence-electron chi connectivity index (χ2n) is 9.20. The number of hydroxylamine groups is 1. The van der Waals surface area contributed by atoms with E-state index in [1.54, 1.807) is 0 Å². The number of urea groups is 1. The van der Waals surface area contributed by atoms with Crippen molar-refractivity contribution in [3.63, 3.8) is 0 Å². The number of rotatable bonds is 8. The number of hydrogen-bond acceptors (Lipinski definition) is 5. The highest BCUT2D eigenvalue weighted by Gasteiger charge is 2.30. The van der Waals surface area contributed by atoms with Gasteiger partial charge in [-0.2, -0.15) is 0 Å². The molecule has 1 fully saturated rings. The number of carbonyl (C=O) groups is 2. The Morgan fingerprint density at radius 2 is 1.97 bits per heavy atom. The summed E-state index contributed by atoms with van der Waals surface area (Å²) in [6, 6.07) is 7.73. The second-order valence-corrected chi connectivity index (χ2v) is 9.64. The summed E-state index contributed by atoms with van der Waals surface area (Å²) in [7, 11) is 1.44. The van der Waals surface area contributed by atoms with E-state index in [1.807, 2.05) is 49.9 Å². The predicted molar refractivity (Wildman–Crippen MR) is 125 cm³/mol. The SMILES string of the molecule is CONC(=O)N(Cc1cccc(Cl)c1)C1CCN(C(C)CCNC(=O)OC(C)(C)C)CC1. The Hall–Kier alpha value is -2.03. The molecule has 0 bridgehead atoms. The van der Waals surface area contributed by atoms with Gasteiger partial charge in [0.25, 0.3) is 0 Å². The summed E-state index contributed by atoms with van der Waals surface area (Å²) >= 11 is 6.12. The van der Waals surface area contributed by atoms with Gasteiger partial charge in [0.05, 0.1) is 7.11 Å². The van der Waals surface area contributed by atoms with Crippen LogP contribution in [0.5, 0.6) is 0 Å². The lowest BCUT2D eigenvalue weighted by Gasteiger charge is -2.40. The molecule has 8 nitrogen and oxygen atoms in total. The minimum absolute atomic E-state index is 0.104. The van der Waals surface area contributed by atoms with Crippen molar-refractivity contribution in [3.8, 4) is 0 Å². The van der Waals surface area contributed by atoms with Gasteiger partial charge in [-0.3, -0.25) is 4.84 Å². The number of piperidine rings is 1. The van der Waals surface area contributed by atoms with E-state index in [1.165, 1.54) is 7.11 Å². The molecule has 0 aromatic heterocycles. The molecule has 0 aliphatic carbocycles. The van der Waals surface area contributed by atoms with Gasteiger partial charge in [0.2, 0.25) is 0 Å². The Morgan fingerprint density at radius 3 is 2.56 bits per heavy atom. The lowest BCUT2D eigenvalue weighted by molar-refractivity contribution is 0.0507. The van der Waals surface area contributed by atoms with E-state index in [4.69, 9.17) is 21.2 Å². The van der Waals surface area contributed by atoms with Crippen LogP contribution in [0.4, 0.5) is 9.59 Å². The molecule has 1 aliphatic heterocycles. The molecule has 1 unspecified atom stereocenters. The van der Waals surface area contributed by atoms with Crippen LogP contribution in [0.2, 0.25) is 5.02 Å². The molecule has 1 aliphatic rings. The van der Waals surface area contributed by atoms with Crippen LogP contribution in [0.1, 0.15) is 52.5 Å². The predicted octanol–water partition coefficient (Wildman–Crippen LogP) is 4.18. The third-order valence-corrected chi connectivity index (χ3v) is 5.72. The summed E-state index contributed by atoms with van der Waals surface area (Å²) in [5, 5.41) is 3.47. The summed E-state index contributed by atoms with van der Waals surface area (Å²) in [5.74, 6) is 0. The van der Waals surface area contributed by atoms with Crippen LogP contribution >= 0.6 is 11.6 Å². The number of nitrogens with one attached hydrogen (secondary N) is 2. The molecule has 2 N–H and O–H groups in total. The first kappa shape index (κ1) is 26.2. The van der Waals surface area contributed by atoms with Crippen LogP contribution in [0.15, 0.2) is 24.3 Å². The summed E-state index contributed by atoms with van der Waals surface area (Å²) < 4.78 is 5.28. The fourth-order valence-corrected chi connectivity index (χ4v) is 4.08. The molecule has 180 valence electrons. The zero-order valence-corrected chi connectivity index (χ0v) is 20.6. The normalized spacial score (nSPS) is 16.3. The molecule has 1 aromatic carbocycles. The van der Waals surface area contributed by atoms with E-state index in [0.717, 1.165) is 37.9 Å². The maximum atomic E-state index is 12.6. The van der Waals surface area contributed by atoms with E-state index in [0.29, 0.717) is 24.2 Å². The minimum Gasteiger partial charge on any atom is -0.444 e. The quantitative estimate of drug-likeness (QED) is 0.559. The van der Waals surface area contributed by atoms with E-state index in [9.17, 15) is 9.59 Å². The van der Waals surface area contributed by atoms with Crippen molar-refractivity contribution in [1.82, 2.24) is 20.6 Å². The van der Waals surface area contributed by atoms with Gasteiger partial charge in [-0.25, -0.2) is 15.1 Å². The van der Waals surface area contributed by atoms with Crippen molar-refractivity contribution in [2.24, 2.45) is 0 Å². The highest BCUT2D eigenvalue weighted by atomic mass is 35.5. The Bertz CT molecular complexity index is 748. The van der Waals surface area contributed by atoms with E-state index >= 15 is 0 Å². The highest BCUT2D eigenvalue weighted by Crippen LogP contribution is 2.22. The van der Waals surface area contributed by atoms with Gasteiger partial charge in [-0.05, 0) is 64.7 Å². The first-order chi connectivity index (χ1) is 15.1. The molecular weight excluding hydrogens is 432 g/mol. The fraction of sp³-hybridized carbons (Fsp3) is 0.652. The third kappa shape index (κ3) is 8.84. The lowest BCUT2D eigenvalue weighted by Crippen LogP contribution is -2.51. The average Bonchev–Trinajstić information content (AvgIpc) is 2.71. The van der Waals surface area contributed by atoms with E-state index < -0.39 is 5.60 Å². The lowest BCUT2D eigenvalue weighted by atomic mass is 10.0. The first-order valence-electron chi connectivity index (χ1n) is 11.1. The number of amides is 3. The monoisotopic (exact) mass is 468 g/mol. The van der Waals surface area contributed by atoms with Crippen LogP contribution in [0.3, 0.4) is 0 Å². The Labute approximate surface area is 196 Å². The van der Waals surface area contributed by atoms with Gasteiger partial charge in [0.1, 0.15) is 5.60 Å². The Balaban J connectivity index is 1.86. The fourth-order valence-electron chi connectivity index (χ4n) is 3.86. The maximum Gasteiger partial charge on any atom is 0.407 e. The van der Waals surface area contributed by atoms with Crippen molar-refractivity contribution in [2.45, 2.75) is 71.2 Å². The minimum atomic E-state index is -0.496. The summed E-state index contributed by atoms with van der Waals surface area (Å²) in [5.41, 5.74) is 2.94. The summed E-state index contributed by atoms with van der Waals surface area (Å²) in [4.78, 5) is 33.5. The van der Waals surface area contributed by atoms with Crippen LogP contribution < -0.4 is 10.8 Å². The number of likely N-dealkylation sites (tertiary alicyclic amines) is 1. The number of alkyl carbamates (subject to hydrolysis) is 1. The molecule has 1 aromatic rings. The van der Waals surface area contributed by atoms with Gasteiger partial charge < -0.3 is 19.9 Å². The van der Waals surface area contributed by atoms with Gasteiger partial charge in [0, 0.05) is 43.3 Å². The molecule has 1 saturated heterocycles. The van der Waals surface area contributed by atoms with Crippen molar-refractivity contribution >= 4 is 23.7 Å². The number of hydrogen-bond donors (Lipinski definition) is 2. The molecule has 3 amide bonds. The van der Waals surface area contributed by atoms with Crippen molar-refractivity contribution in [1.29, 1.82) is 0 Å². The van der Waals surface area contributed by atoms with Gasteiger partial charge in [0.15, 0.2) is 0 Å². The average molecular weight is 469 g/mol. The van der Waals surface area contributed by atoms with E-state index in [2.05, 4.69) is 22.6 Å². The molecule has 2 rings (SSSR count). The number of benzene rings is 1. The summed E-state index contributed by atoms with van der Waals surface area (Å²) in [6.45, 7) is 10.5. The number of halogens is 1. The van der Waals surface area contributed by atoms with Crippen LogP contribution in [-0.4, -0.2) is 66.4 Å². The molecule has 9 heteroatoms. The highest BCUT2D eigenvalue weighted by molar-refractivity contribution is 6.30. The Kier molecular flexibility index (Phi) is 10.1. The maximum absolute atomic E-state index is 12.6. The van der Waals surface area contributed by atoms with Gasteiger partial charge in [-0.15, -0.1) is 0 Å². The van der Waals surface area contributed by atoms with Crippen LogP contribution in [0, 0.1) is 0 Å². The zero-order chi connectivity index (χ0) is 23.7. The first-order valence-corrected chi connectivity index (χ1v) is 11.5. The molecule has 32 heavy (non-hydrogen) atoms. The van der Waals surface area contributed by atoms with Crippen LogP contribution in [0.25, 0.3) is 0 Å². The third-order valence-electron chi connectivity index (χ3n) is 5.49. The molecule has 1 heterocycles. The van der Waals surface area contributed by atoms with E-state index in [-0.39, 0.29) is 18.2 Å². The topological polar surface area (TPSA) is 83.1 Å². The van der Waals surface area contributed by atoms with Gasteiger partial charge >= 0.3 is 12.1 Å². The van der Waals surface area contributed by atoms with Crippen molar-refractivity contribution < 1.29 is 19.2 Å². The van der Waals surface area contributed by atoms with Crippen LogP contribution in [-0.2, 0) is 16.1 Å². The molecular formula is C23H37ClN4O4. The number of nitrogens with zero attached hydrogens (tertiary/aromatic N) is 2. The number of carbonyl (C=O) groups excluding carboxylic acids is 2. The summed E-state index contributed by atoms with van der Waals surface area (Å²) in [6.07, 6.45) is 2.17. The molecule has 1 atom stereocenters. The van der Waals surface area contributed by atoms with Crippen molar-refractivity contribution in [2.75, 3.05) is 26.7 Å². The van der Waals surface area contributed by atoms with Gasteiger partial charge in [-0.1, -0.05) is 23.7 Å². The second kappa shape index (κ2) is 12.3. The Morgan fingerprint density at radius 1 is 1.28 bits per heavy atom. The smallest absolute Gasteiger partial charge is 0.407 e.